The van der Waals surface area contributed by atoms with E-state index in [9.17, 15) is 9.59 Å². The molecule has 6 heteroatoms. The number of anilines is 1. The molecule has 2 aromatic rings. The molecule has 0 aromatic heterocycles. The third-order valence-electron chi connectivity index (χ3n) is 2.80. The van der Waals surface area contributed by atoms with Crippen LogP contribution in [0, 0.1) is 6.92 Å². The van der Waals surface area contributed by atoms with Gasteiger partial charge in [-0.15, -0.1) is 0 Å². The van der Waals surface area contributed by atoms with E-state index >= 15 is 0 Å². The molecule has 2 N–H and O–H groups in total. The molecule has 0 amide bonds. The standard InChI is InChI=1S/C17H17NO5/c1-12-2-6-14(7-3-12)22-16(19)10-21-11-17(20)23-15-8-4-13(18)5-9-15/h2-9H,10-11,18H2,1H3. The van der Waals surface area contributed by atoms with Crippen LogP contribution < -0.4 is 15.2 Å². The van der Waals surface area contributed by atoms with Gasteiger partial charge in [0.15, 0.2) is 0 Å². The first-order chi connectivity index (χ1) is 11.0. The maximum absolute atomic E-state index is 11.6. The number of aryl methyl sites for hydroxylation is 1. The van der Waals surface area contributed by atoms with E-state index in [-0.39, 0.29) is 13.2 Å². The second-order valence-electron chi connectivity index (χ2n) is 4.82. The Morgan fingerprint density at radius 2 is 1.26 bits per heavy atom. The Hall–Kier alpha value is -2.86. The van der Waals surface area contributed by atoms with Gasteiger partial charge in [0.2, 0.25) is 0 Å². The number of esters is 2. The summed E-state index contributed by atoms with van der Waals surface area (Å²) in [6.45, 7) is 1.24. The topological polar surface area (TPSA) is 87.8 Å². The van der Waals surface area contributed by atoms with E-state index in [2.05, 4.69) is 0 Å². The normalized spacial score (nSPS) is 10.1. The third-order valence-corrected chi connectivity index (χ3v) is 2.80. The van der Waals surface area contributed by atoms with E-state index in [4.69, 9.17) is 19.9 Å². The summed E-state index contributed by atoms with van der Waals surface area (Å²) in [5, 5.41) is 0. The van der Waals surface area contributed by atoms with E-state index in [1.165, 1.54) is 0 Å². The Morgan fingerprint density at radius 3 is 1.74 bits per heavy atom. The van der Waals surface area contributed by atoms with E-state index in [1.807, 2.05) is 19.1 Å². The second kappa shape index (κ2) is 7.95. The largest absolute Gasteiger partial charge is 0.425 e. The SMILES string of the molecule is Cc1ccc(OC(=O)COCC(=O)Oc2ccc(N)cc2)cc1. The van der Waals surface area contributed by atoms with Gasteiger partial charge in [-0.25, -0.2) is 9.59 Å². The molecule has 0 atom stereocenters. The third kappa shape index (κ3) is 5.80. The Morgan fingerprint density at radius 1 is 0.826 bits per heavy atom. The van der Waals surface area contributed by atoms with Crippen molar-refractivity contribution in [3.05, 3.63) is 54.1 Å². The van der Waals surface area contributed by atoms with E-state index in [0.29, 0.717) is 17.2 Å². The number of carbonyl (C=O) groups is 2. The molecular weight excluding hydrogens is 298 g/mol. The van der Waals surface area contributed by atoms with Gasteiger partial charge in [-0.2, -0.15) is 0 Å². The van der Waals surface area contributed by atoms with Gasteiger partial charge in [0.25, 0.3) is 0 Å². The number of nitrogen functional groups attached to an aromatic ring is 1. The highest BCUT2D eigenvalue weighted by Gasteiger charge is 2.09. The molecule has 2 aromatic carbocycles. The van der Waals surface area contributed by atoms with Gasteiger partial charge < -0.3 is 19.9 Å². The van der Waals surface area contributed by atoms with Gasteiger partial charge in [0, 0.05) is 5.69 Å². The summed E-state index contributed by atoms with van der Waals surface area (Å²) in [7, 11) is 0. The van der Waals surface area contributed by atoms with Crippen molar-refractivity contribution in [2.75, 3.05) is 18.9 Å². The average molecular weight is 315 g/mol. The van der Waals surface area contributed by atoms with Crippen LogP contribution in [0.1, 0.15) is 5.56 Å². The lowest BCUT2D eigenvalue weighted by Gasteiger charge is -2.06. The fourth-order valence-corrected chi connectivity index (χ4v) is 1.68. The molecule has 23 heavy (non-hydrogen) atoms. The minimum absolute atomic E-state index is 0.343. The molecule has 0 radical (unpaired) electrons. The Labute approximate surface area is 133 Å². The van der Waals surface area contributed by atoms with Crippen LogP contribution in [0.5, 0.6) is 11.5 Å². The first-order valence-corrected chi connectivity index (χ1v) is 6.94. The van der Waals surface area contributed by atoms with Gasteiger partial charge in [-0.1, -0.05) is 17.7 Å². The zero-order valence-electron chi connectivity index (χ0n) is 12.7. The molecule has 0 heterocycles. The summed E-state index contributed by atoms with van der Waals surface area (Å²) in [6, 6.07) is 13.4. The molecule has 0 bridgehead atoms. The van der Waals surface area contributed by atoms with Crippen molar-refractivity contribution in [3.63, 3.8) is 0 Å². The smallest absolute Gasteiger partial charge is 0.337 e. The van der Waals surface area contributed by atoms with Crippen LogP contribution in [-0.2, 0) is 14.3 Å². The van der Waals surface area contributed by atoms with E-state index < -0.39 is 11.9 Å². The minimum Gasteiger partial charge on any atom is -0.425 e. The molecule has 0 spiro atoms. The molecule has 0 saturated carbocycles. The Balaban J connectivity index is 1.69. The molecule has 2 rings (SSSR count). The number of benzene rings is 2. The zero-order valence-corrected chi connectivity index (χ0v) is 12.7. The predicted octanol–water partition coefficient (Wildman–Crippen LogP) is 2.10. The van der Waals surface area contributed by atoms with Crippen LogP contribution in [-0.4, -0.2) is 25.2 Å². The van der Waals surface area contributed by atoms with Crippen LogP contribution in [0.4, 0.5) is 5.69 Å². The monoisotopic (exact) mass is 315 g/mol. The summed E-state index contributed by atoms with van der Waals surface area (Å²) < 4.78 is 15.0. The number of hydrogen-bond acceptors (Lipinski definition) is 6. The minimum atomic E-state index is -0.613. The average Bonchev–Trinajstić information content (AvgIpc) is 2.52. The van der Waals surface area contributed by atoms with Gasteiger partial charge in [-0.05, 0) is 43.3 Å². The van der Waals surface area contributed by atoms with Gasteiger partial charge in [-0.3, -0.25) is 0 Å². The molecule has 0 aliphatic rings. The quantitative estimate of drug-likeness (QED) is 0.499. The van der Waals surface area contributed by atoms with Crippen LogP contribution in [0.3, 0.4) is 0 Å². The summed E-state index contributed by atoms with van der Waals surface area (Å²) in [5.74, 6) is -0.421. The maximum atomic E-state index is 11.6. The van der Waals surface area contributed by atoms with Gasteiger partial charge >= 0.3 is 11.9 Å². The number of ether oxygens (including phenoxy) is 3. The molecule has 0 unspecified atom stereocenters. The van der Waals surface area contributed by atoms with Crippen molar-refractivity contribution < 1.29 is 23.8 Å². The highest BCUT2D eigenvalue weighted by atomic mass is 16.6. The van der Waals surface area contributed by atoms with Gasteiger partial charge in [0.1, 0.15) is 24.7 Å². The highest BCUT2D eigenvalue weighted by molar-refractivity contribution is 5.76. The van der Waals surface area contributed by atoms with Crippen molar-refractivity contribution in [2.45, 2.75) is 6.92 Å². The molecular formula is C17H17NO5. The van der Waals surface area contributed by atoms with Crippen molar-refractivity contribution in [1.29, 1.82) is 0 Å². The maximum Gasteiger partial charge on any atom is 0.337 e. The predicted molar refractivity (Wildman–Crippen MR) is 84.1 cm³/mol. The van der Waals surface area contributed by atoms with E-state index in [0.717, 1.165) is 5.56 Å². The summed E-state index contributed by atoms with van der Waals surface area (Å²) in [4.78, 5) is 23.1. The lowest BCUT2D eigenvalue weighted by molar-refractivity contribution is -0.145. The van der Waals surface area contributed by atoms with Crippen molar-refractivity contribution in [1.82, 2.24) is 0 Å². The van der Waals surface area contributed by atoms with Crippen molar-refractivity contribution in [3.8, 4) is 11.5 Å². The lowest BCUT2D eigenvalue weighted by atomic mass is 10.2. The molecule has 0 fully saturated rings. The van der Waals surface area contributed by atoms with E-state index in [1.54, 1.807) is 36.4 Å². The number of hydrogen-bond donors (Lipinski definition) is 1. The van der Waals surface area contributed by atoms with Crippen LogP contribution in [0.25, 0.3) is 0 Å². The Kier molecular flexibility index (Phi) is 5.71. The molecule has 0 aliphatic heterocycles. The number of carbonyl (C=O) groups excluding carboxylic acids is 2. The van der Waals surface area contributed by atoms with Crippen LogP contribution >= 0.6 is 0 Å². The van der Waals surface area contributed by atoms with Crippen molar-refractivity contribution in [2.24, 2.45) is 0 Å². The summed E-state index contributed by atoms with van der Waals surface area (Å²) in [5.41, 5.74) is 7.16. The first kappa shape index (κ1) is 16.5. The van der Waals surface area contributed by atoms with Crippen LogP contribution in [0.2, 0.25) is 0 Å². The molecule has 120 valence electrons. The summed E-state index contributed by atoms with van der Waals surface area (Å²) in [6.07, 6.45) is 0. The molecule has 6 nitrogen and oxygen atoms in total. The molecule has 0 saturated heterocycles. The number of rotatable bonds is 6. The number of nitrogens with two attached hydrogens (primary N) is 1. The summed E-state index contributed by atoms with van der Waals surface area (Å²) >= 11 is 0. The Bertz CT molecular complexity index is 605. The first-order valence-electron chi connectivity index (χ1n) is 6.94. The lowest BCUT2D eigenvalue weighted by Crippen LogP contribution is -2.21. The highest BCUT2D eigenvalue weighted by Crippen LogP contribution is 2.13. The zero-order chi connectivity index (χ0) is 16.7. The van der Waals surface area contributed by atoms with Crippen molar-refractivity contribution >= 4 is 17.6 Å². The molecule has 0 aliphatic carbocycles. The fraction of sp³-hybridized carbons (Fsp3) is 0.176. The fourth-order valence-electron chi connectivity index (χ4n) is 1.68. The van der Waals surface area contributed by atoms with Crippen LogP contribution in [0.15, 0.2) is 48.5 Å². The second-order valence-corrected chi connectivity index (χ2v) is 4.82. The van der Waals surface area contributed by atoms with Gasteiger partial charge in [0.05, 0.1) is 0 Å².